The highest BCUT2D eigenvalue weighted by Crippen LogP contribution is 2.31. The fourth-order valence-electron chi connectivity index (χ4n) is 3.54. The number of nitrogens with one attached hydrogen (secondary N) is 3. The summed E-state index contributed by atoms with van der Waals surface area (Å²) in [6.45, 7) is 5.67. The molecule has 0 saturated carbocycles. The summed E-state index contributed by atoms with van der Waals surface area (Å²) in [6, 6.07) is 2.32. The third kappa shape index (κ3) is 6.42. The van der Waals surface area contributed by atoms with Crippen molar-refractivity contribution in [2.45, 2.75) is 57.8 Å². The minimum atomic E-state index is -0.997. The van der Waals surface area contributed by atoms with Crippen LogP contribution in [0.5, 0.6) is 0 Å². The second-order valence-electron chi connectivity index (χ2n) is 8.75. The number of aliphatic imine (C=N–C) groups is 1. The van der Waals surface area contributed by atoms with E-state index in [0.29, 0.717) is 17.9 Å². The monoisotopic (exact) mass is 473 g/mol. The van der Waals surface area contributed by atoms with Crippen molar-refractivity contribution in [3.8, 4) is 0 Å². The van der Waals surface area contributed by atoms with Crippen molar-refractivity contribution in [2.75, 3.05) is 12.4 Å². The smallest absolute Gasteiger partial charge is 0.249 e. The number of carbonyl (C=O) groups is 3. The number of aliphatic hydroxyl groups is 1. The molecule has 33 heavy (non-hydrogen) atoms. The Morgan fingerprint density at radius 1 is 1.30 bits per heavy atom. The molecular weight excluding hydrogens is 442 g/mol. The van der Waals surface area contributed by atoms with Gasteiger partial charge in [0.15, 0.2) is 0 Å². The lowest BCUT2D eigenvalue weighted by Crippen LogP contribution is -2.56. The topological polar surface area (TPSA) is 133 Å². The Hall–Kier alpha value is -2.72. The van der Waals surface area contributed by atoms with Gasteiger partial charge in [-0.2, -0.15) is 0 Å². The fraction of sp³-hybridized carbons (Fsp3) is 0.522. The number of fused-ring (bicyclic) bond motifs is 4. The highest BCUT2D eigenvalue weighted by Gasteiger charge is 2.41. The van der Waals surface area contributed by atoms with E-state index in [4.69, 9.17) is 5.11 Å². The van der Waals surface area contributed by atoms with Crippen LogP contribution >= 0.6 is 11.8 Å². The summed E-state index contributed by atoms with van der Waals surface area (Å²) < 4.78 is 0. The van der Waals surface area contributed by atoms with Crippen LogP contribution in [0.25, 0.3) is 0 Å². The summed E-state index contributed by atoms with van der Waals surface area (Å²) in [7, 11) is 0. The molecular formula is C23H31N5O4S. The summed E-state index contributed by atoms with van der Waals surface area (Å²) >= 11 is 1.48. The zero-order valence-corrected chi connectivity index (χ0v) is 19.9. The van der Waals surface area contributed by atoms with Crippen LogP contribution in [0.3, 0.4) is 0 Å². The van der Waals surface area contributed by atoms with Gasteiger partial charge in [-0.15, -0.1) is 11.8 Å². The largest absolute Gasteiger partial charge is 0.396 e. The number of pyridine rings is 1. The number of amides is 3. The van der Waals surface area contributed by atoms with E-state index >= 15 is 0 Å². The Balaban J connectivity index is 1.95. The molecule has 0 fully saturated rings. The maximum atomic E-state index is 13.2. The normalized spacial score (nSPS) is 26.7. The summed E-state index contributed by atoms with van der Waals surface area (Å²) in [5.41, 5.74) is 0.513. The quantitative estimate of drug-likeness (QED) is 0.481. The van der Waals surface area contributed by atoms with E-state index in [2.05, 4.69) is 25.9 Å². The zero-order valence-electron chi connectivity index (χ0n) is 19.1. The molecule has 2 aliphatic rings. The van der Waals surface area contributed by atoms with Crippen molar-refractivity contribution in [1.82, 2.24) is 20.9 Å². The number of hydrogen-bond donors (Lipinski definition) is 4. The summed E-state index contributed by atoms with van der Waals surface area (Å²) in [6.07, 6.45) is 5.50. The standard InChI is InChI=1S/C23H31N5O4S/c1-14(2)19-20(31)26-16(6-4-5-9-29)11-18(30)25-12-17-10-15(7-8-24-17)21-28-23(3,13-33-21)22(32)27-19/h4,6-8,10,14,16,19,29H,5,9,11-13H2,1-3H3,(H,25,30)(H,26,31)(H,27,32)/b6-4+/t16-,19+,23+/m1/s1. The molecule has 3 amide bonds. The van der Waals surface area contributed by atoms with Gasteiger partial charge in [-0.05, 0) is 31.4 Å². The van der Waals surface area contributed by atoms with Gasteiger partial charge >= 0.3 is 0 Å². The van der Waals surface area contributed by atoms with Crippen LogP contribution in [-0.2, 0) is 20.9 Å². The number of thioether (sulfide) groups is 1. The first-order valence-electron chi connectivity index (χ1n) is 11.1. The lowest BCUT2D eigenvalue weighted by atomic mass is 9.99. The summed E-state index contributed by atoms with van der Waals surface area (Å²) in [4.78, 5) is 47.9. The van der Waals surface area contributed by atoms with Crippen molar-refractivity contribution in [2.24, 2.45) is 10.9 Å². The molecule has 10 heteroatoms. The van der Waals surface area contributed by atoms with Gasteiger partial charge in [0.2, 0.25) is 17.7 Å². The Labute approximate surface area is 197 Å². The maximum Gasteiger partial charge on any atom is 0.249 e. The van der Waals surface area contributed by atoms with Crippen molar-refractivity contribution >= 4 is 34.5 Å². The molecule has 1 aromatic rings. The molecule has 4 bridgehead atoms. The van der Waals surface area contributed by atoms with Crippen LogP contribution in [0, 0.1) is 5.92 Å². The van der Waals surface area contributed by atoms with Gasteiger partial charge in [-0.1, -0.05) is 26.0 Å². The second-order valence-corrected chi connectivity index (χ2v) is 9.71. The van der Waals surface area contributed by atoms with Crippen molar-refractivity contribution in [1.29, 1.82) is 0 Å². The van der Waals surface area contributed by atoms with E-state index in [1.165, 1.54) is 11.8 Å². The Morgan fingerprint density at radius 2 is 2.09 bits per heavy atom. The predicted molar refractivity (Wildman–Crippen MR) is 128 cm³/mol. The fourth-order valence-corrected chi connectivity index (χ4v) is 4.71. The van der Waals surface area contributed by atoms with E-state index in [0.717, 1.165) is 10.6 Å². The minimum Gasteiger partial charge on any atom is -0.396 e. The van der Waals surface area contributed by atoms with Crippen LogP contribution in [0.1, 0.15) is 44.9 Å². The van der Waals surface area contributed by atoms with Gasteiger partial charge in [-0.3, -0.25) is 24.4 Å². The molecule has 1 aromatic heterocycles. The van der Waals surface area contributed by atoms with Gasteiger partial charge < -0.3 is 21.1 Å². The molecule has 0 spiro atoms. The number of aliphatic hydroxyl groups excluding tert-OH is 1. The molecule has 3 atom stereocenters. The molecule has 0 aromatic carbocycles. The third-order valence-electron chi connectivity index (χ3n) is 5.49. The molecule has 3 rings (SSSR count). The molecule has 178 valence electrons. The van der Waals surface area contributed by atoms with Crippen LogP contribution in [0.2, 0.25) is 0 Å². The predicted octanol–water partition coefficient (Wildman–Crippen LogP) is 0.918. The molecule has 0 saturated heterocycles. The minimum absolute atomic E-state index is 0.0202. The van der Waals surface area contributed by atoms with Gasteiger partial charge in [0.05, 0.1) is 29.7 Å². The van der Waals surface area contributed by atoms with Gasteiger partial charge in [-0.25, -0.2) is 0 Å². The van der Waals surface area contributed by atoms with Gasteiger partial charge in [0.25, 0.3) is 0 Å². The van der Waals surface area contributed by atoms with E-state index in [9.17, 15) is 14.4 Å². The van der Waals surface area contributed by atoms with Crippen LogP contribution in [0.4, 0.5) is 0 Å². The number of rotatable bonds is 4. The van der Waals surface area contributed by atoms with E-state index < -0.39 is 17.6 Å². The maximum absolute atomic E-state index is 13.2. The lowest BCUT2D eigenvalue weighted by Gasteiger charge is -2.27. The zero-order chi connectivity index (χ0) is 24.0. The van der Waals surface area contributed by atoms with Crippen LogP contribution in [0.15, 0.2) is 35.5 Å². The Kier molecular flexibility index (Phi) is 8.25. The first-order valence-corrected chi connectivity index (χ1v) is 12.0. The summed E-state index contributed by atoms with van der Waals surface area (Å²) in [5.74, 6) is -0.652. The molecule has 3 heterocycles. The van der Waals surface area contributed by atoms with Crippen LogP contribution < -0.4 is 16.0 Å². The average molecular weight is 474 g/mol. The van der Waals surface area contributed by atoms with E-state index in [-0.39, 0.29) is 43.2 Å². The molecule has 9 nitrogen and oxygen atoms in total. The van der Waals surface area contributed by atoms with Gasteiger partial charge in [0, 0.05) is 24.1 Å². The number of nitrogens with zero attached hydrogens (tertiary/aromatic N) is 2. The molecule has 0 aliphatic carbocycles. The summed E-state index contributed by atoms with van der Waals surface area (Å²) in [5, 5.41) is 18.4. The van der Waals surface area contributed by atoms with Crippen molar-refractivity contribution in [3.63, 3.8) is 0 Å². The first-order chi connectivity index (χ1) is 15.7. The number of aromatic nitrogens is 1. The third-order valence-corrected chi connectivity index (χ3v) is 6.80. The molecule has 0 radical (unpaired) electrons. The molecule has 0 unspecified atom stereocenters. The number of carbonyl (C=O) groups excluding carboxylic acids is 3. The highest BCUT2D eigenvalue weighted by atomic mass is 32.2. The first kappa shape index (κ1) is 24.9. The molecule has 4 N–H and O–H groups in total. The average Bonchev–Trinajstić information content (AvgIpc) is 3.19. The van der Waals surface area contributed by atoms with Gasteiger partial charge in [0.1, 0.15) is 11.6 Å². The van der Waals surface area contributed by atoms with Crippen molar-refractivity contribution < 1.29 is 19.5 Å². The Morgan fingerprint density at radius 3 is 2.82 bits per heavy atom. The van der Waals surface area contributed by atoms with Crippen molar-refractivity contribution in [3.05, 3.63) is 41.7 Å². The second kappa shape index (κ2) is 10.9. The lowest BCUT2D eigenvalue weighted by molar-refractivity contribution is -0.132. The molecule has 2 aliphatic heterocycles. The SMILES string of the molecule is CC(C)[C@@H]1NC(=O)[C@]2(C)CSC(=N2)c2ccnc(c2)CNC(=O)C[C@@H](/C=C/CCO)NC1=O. The van der Waals surface area contributed by atoms with E-state index in [1.807, 2.05) is 26.0 Å². The number of hydrogen-bond acceptors (Lipinski definition) is 7. The van der Waals surface area contributed by atoms with E-state index in [1.54, 1.807) is 25.3 Å². The highest BCUT2D eigenvalue weighted by molar-refractivity contribution is 8.14. The van der Waals surface area contributed by atoms with Crippen LogP contribution in [-0.4, -0.2) is 62.8 Å². The Bertz CT molecular complexity index is 964.